The summed E-state index contributed by atoms with van der Waals surface area (Å²) >= 11 is 2.12. The molecule has 1 rings (SSSR count). The van der Waals surface area contributed by atoms with E-state index in [1.165, 1.54) is 122 Å². The van der Waals surface area contributed by atoms with Crippen LogP contribution in [0.15, 0.2) is 4.99 Å². The Kier molecular flexibility index (Phi) is 16.5. The topological polar surface area (TPSA) is 15.6 Å². The Labute approximate surface area is 175 Å². The first-order valence-electron chi connectivity index (χ1n) is 12.2. The van der Waals surface area contributed by atoms with Crippen LogP contribution in [0.2, 0.25) is 0 Å². The highest BCUT2D eigenvalue weighted by Gasteiger charge is 2.19. The summed E-state index contributed by atoms with van der Waals surface area (Å²) in [5, 5.41) is 0.832. The van der Waals surface area contributed by atoms with Gasteiger partial charge in [0.05, 0.1) is 0 Å². The molecule has 0 aliphatic heterocycles. The van der Waals surface area contributed by atoms with Crippen molar-refractivity contribution in [2.45, 2.75) is 135 Å². The average molecular weight is 397 g/mol. The molecule has 0 atom stereocenters. The summed E-state index contributed by atoms with van der Waals surface area (Å²) in [6.07, 6.45) is 23.5. The van der Waals surface area contributed by atoms with Crippen LogP contribution in [0.5, 0.6) is 0 Å². The van der Waals surface area contributed by atoms with Gasteiger partial charge in [0.1, 0.15) is 5.84 Å². The summed E-state index contributed by atoms with van der Waals surface area (Å²) in [6.45, 7) is 9.06. The molecular formula is C24H48N2S. The van der Waals surface area contributed by atoms with Crippen molar-refractivity contribution in [3.63, 3.8) is 0 Å². The summed E-state index contributed by atoms with van der Waals surface area (Å²) in [5.74, 6) is 1.28. The van der Waals surface area contributed by atoms with Crippen molar-refractivity contribution >= 4 is 17.8 Å². The summed E-state index contributed by atoms with van der Waals surface area (Å²) in [7, 11) is 0. The lowest BCUT2D eigenvalue weighted by molar-refractivity contribution is 0.502. The number of rotatable bonds is 16. The van der Waals surface area contributed by atoms with Crippen molar-refractivity contribution in [2.75, 3.05) is 13.1 Å². The maximum absolute atomic E-state index is 4.96. The summed E-state index contributed by atoms with van der Waals surface area (Å²) < 4.78 is 2.56. The molecule has 0 unspecified atom stereocenters. The maximum Gasteiger partial charge on any atom is 0.106 e. The number of unbranched alkanes of at least 4 members (excludes halogenated alkanes) is 10. The van der Waals surface area contributed by atoms with Crippen LogP contribution in [0.4, 0.5) is 0 Å². The average Bonchev–Trinajstić information content (AvgIpc) is 2.69. The van der Waals surface area contributed by atoms with Gasteiger partial charge in [-0.2, -0.15) is 0 Å². The smallest absolute Gasteiger partial charge is 0.106 e. The van der Waals surface area contributed by atoms with Gasteiger partial charge in [-0.3, -0.25) is 4.99 Å². The lowest BCUT2D eigenvalue weighted by atomic mass is 10.0. The molecular weight excluding hydrogens is 348 g/mol. The first kappa shape index (κ1) is 24.9. The van der Waals surface area contributed by atoms with Crippen LogP contribution < -0.4 is 0 Å². The highest BCUT2D eigenvalue weighted by atomic mass is 32.2. The van der Waals surface area contributed by atoms with Gasteiger partial charge in [-0.25, -0.2) is 0 Å². The van der Waals surface area contributed by atoms with E-state index in [9.17, 15) is 0 Å². The van der Waals surface area contributed by atoms with Gasteiger partial charge in [-0.1, -0.05) is 97.3 Å². The molecule has 0 aromatic rings. The first-order valence-corrected chi connectivity index (χ1v) is 13.1. The van der Waals surface area contributed by atoms with Crippen LogP contribution in [0.25, 0.3) is 0 Å². The minimum atomic E-state index is 0.832. The summed E-state index contributed by atoms with van der Waals surface area (Å²) in [4.78, 5) is 4.96. The number of hydrogen-bond donors (Lipinski definition) is 0. The SMILES string of the molecule is CCCCCCCCN=C(C)N(CCCCCCCC)SC1CCCCC1. The lowest BCUT2D eigenvalue weighted by Crippen LogP contribution is -2.27. The fraction of sp³-hybridized carbons (Fsp3) is 0.958. The van der Waals surface area contributed by atoms with Crippen molar-refractivity contribution in [2.24, 2.45) is 4.99 Å². The Morgan fingerprint density at radius 3 is 1.96 bits per heavy atom. The number of amidine groups is 1. The molecule has 2 nitrogen and oxygen atoms in total. The predicted molar refractivity (Wildman–Crippen MR) is 126 cm³/mol. The minimum Gasteiger partial charge on any atom is -0.304 e. The van der Waals surface area contributed by atoms with E-state index in [0.717, 1.165) is 11.8 Å². The molecule has 0 aromatic heterocycles. The molecule has 0 saturated heterocycles. The molecule has 27 heavy (non-hydrogen) atoms. The van der Waals surface area contributed by atoms with E-state index in [2.05, 4.69) is 37.0 Å². The molecule has 0 radical (unpaired) electrons. The predicted octanol–water partition coefficient (Wildman–Crippen LogP) is 8.41. The second kappa shape index (κ2) is 17.9. The number of nitrogens with zero attached hydrogens (tertiary/aromatic N) is 2. The lowest BCUT2D eigenvalue weighted by Gasteiger charge is -2.30. The molecule has 0 aromatic carbocycles. The highest BCUT2D eigenvalue weighted by Crippen LogP contribution is 2.31. The van der Waals surface area contributed by atoms with Crippen molar-refractivity contribution in [3.8, 4) is 0 Å². The Balaban J connectivity index is 2.34. The van der Waals surface area contributed by atoms with Gasteiger partial charge < -0.3 is 4.31 Å². The van der Waals surface area contributed by atoms with Crippen LogP contribution in [-0.4, -0.2) is 28.5 Å². The fourth-order valence-electron chi connectivity index (χ4n) is 3.89. The molecule has 1 saturated carbocycles. The minimum absolute atomic E-state index is 0.832. The van der Waals surface area contributed by atoms with Gasteiger partial charge in [0.2, 0.25) is 0 Å². The number of hydrogen-bond acceptors (Lipinski definition) is 2. The van der Waals surface area contributed by atoms with Gasteiger partial charge in [0.15, 0.2) is 0 Å². The van der Waals surface area contributed by atoms with Crippen LogP contribution in [0, 0.1) is 0 Å². The monoisotopic (exact) mass is 396 g/mol. The van der Waals surface area contributed by atoms with Crippen LogP contribution in [-0.2, 0) is 0 Å². The van der Waals surface area contributed by atoms with E-state index in [1.807, 2.05) is 0 Å². The molecule has 0 amide bonds. The van der Waals surface area contributed by atoms with Crippen LogP contribution in [0.3, 0.4) is 0 Å². The zero-order chi connectivity index (χ0) is 19.6. The largest absolute Gasteiger partial charge is 0.304 e. The zero-order valence-corrected chi connectivity index (χ0v) is 19.6. The Hall–Kier alpha value is -0.180. The Bertz CT molecular complexity index is 350. The Morgan fingerprint density at radius 2 is 1.33 bits per heavy atom. The summed E-state index contributed by atoms with van der Waals surface area (Å²) in [6, 6.07) is 0. The van der Waals surface area contributed by atoms with E-state index < -0.39 is 0 Å². The van der Waals surface area contributed by atoms with E-state index >= 15 is 0 Å². The molecule has 1 aliphatic carbocycles. The third-order valence-electron chi connectivity index (χ3n) is 5.76. The molecule has 0 heterocycles. The van der Waals surface area contributed by atoms with E-state index in [1.54, 1.807) is 0 Å². The van der Waals surface area contributed by atoms with E-state index in [4.69, 9.17) is 4.99 Å². The molecule has 0 spiro atoms. The molecule has 0 bridgehead atoms. The van der Waals surface area contributed by atoms with Crippen molar-refractivity contribution in [3.05, 3.63) is 0 Å². The van der Waals surface area contributed by atoms with E-state index in [0.29, 0.717) is 0 Å². The quantitative estimate of drug-likeness (QED) is 0.113. The molecule has 1 fully saturated rings. The van der Waals surface area contributed by atoms with Crippen LogP contribution >= 0.6 is 11.9 Å². The fourth-order valence-corrected chi connectivity index (χ4v) is 5.24. The van der Waals surface area contributed by atoms with Crippen LogP contribution in [0.1, 0.15) is 130 Å². The maximum atomic E-state index is 4.96. The second-order valence-electron chi connectivity index (χ2n) is 8.43. The van der Waals surface area contributed by atoms with Crippen molar-refractivity contribution in [1.29, 1.82) is 0 Å². The third-order valence-corrected chi connectivity index (χ3v) is 7.23. The second-order valence-corrected chi connectivity index (χ2v) is 9.75. The van der Waals surface area contributed by atoms with Gasteiger partial charge in [-0.05, 0) is 44.6 Å². The van der Waals surface area contributed by atoms with Gasteiger partial charge in [0.25, 0.3) is 0 Å². The van der Waals surface area contributed by atoms with Gasteiger partial charge >= 0.3 is 0 Å². The normalized spacial score (nSPS) is 16.0. The highest BCUT2D eigenvalue weighted by molar-refractivity contribution is 7.98. The zero-order valence-electron chi connectivity index (χ0n) is 18.8. The van der Waals surface area contributed by atoms with Gasteiger partial charge in [-0.15, -0.1) is 0 Å². The third kappa shape index (κ3) is 13.6. The summed E-state index contributed by atoms with van der Waals surface area (Å²) in [5.41, 5.74) is 0. The van der Waals surface area contributed by atoms with Gasteiger partial charge in [0, 0.05) is 18.3 Å². The molecule has 0 N–H and O–H groups in total. The first-order chi connectivity index (χ1) is 13.3. The van der Waals surface area contributed by atoms with E-state index in [-0.39, 0.29) is 0 Å². The Morgan fingerprint density at radius 1 is 0.778 bits per heavy atom. The standard InChI is InChI=1S/C24H48N2S/c1-4-6-8-10-12-17-21-25-23(3)26(22-18-13-11-9-7-5-2)27-24-19-15-14-16-20-24/h24H,4-22H2,1-3H3. The molecule has 1 aliphatic rings. The van der Waals surface area contributed by atoms with Crippen molar-refractivity contribution in [1.82, 2.24) is 4.31 Å². The van der Waals surface area contributed by atoms with Crippen molar-refractivity contribution < 1.29 is 0 Å². The number of aliphatic imine (C=N–C) groups is 1. The molecule has 160 valence electrons. The molecule has 3 heteroatoms.